The van der Waals surface area contributed by atoms with Crippen molar-refractivity contribution >= 4 is 17.5 Å². The highest BCUT2D eigenvalue weighted by Crippen LogP contribution is 2.18. The van der Waals surface area contributed by atoms with Crippen LogP contribution in [0.25, 0.3) is 0 Å². The average Bonchev–Trinajstić information content (AvgIpc) is 2.72. The van der Waals surface area contributed by atoms with Crippen LogP contribution in [-0.2, 0) is 17.8 Å². The monoisotopic (exact) mass is 404 g/mol. The third kappa shape index (κ3) is 5.56. The van der Waals surface area contributed by atoms with Gasteiger partial charge in [-0.15, -0.1) is 0 Å². The predicted octanol–water partition coefficient (Wildman–Crippen LogP) is 3.85. The van der Waals surface area contributed by atoms with E-state index in [9.17, 15) is 9.59 Å². The Morgan fingerprint density at radius 3 is 2.57 bits per heavy atom. The highest BCUT2D eigenvalue weighted by atomic mass is 16.2. The molecule has 0 bridgehead atoms. The molecule has 1 amide bonds. The molecule has 0 aliphatic heterocycles. The number of nitrogens with zero attached hydrogens (tertiary/aromatic N) is 2. The van der Waals surface area contributed by atoms with Gasteiger partial charge >= 0.3 is 0 Å². The molecule has 2 aromatic carbocycles. The number of nitrogens with one attached hydrogen (secondary N) is 2. The van der Waals surface area contributed by atoms with E-state index in [0.29, 0.717) is 18.2 Å². The van der Waals surface area contributed by atoms with Crippen molar-refractivity contribution in [2.45, 2.75) is 40.2 Å². The van der Waals surface area contributed by atoms with Crippen molar-refractivity contribution < 1.29 is 4.79 Å². The molecule has 0 aliphatic rings. The quantitative estimate of drug-likeness (QED) is 0.559. The van der Waals surface area contributed by atoms with E-state index >= 15 is 0 Å². The molecule has 1 heterocycles. The van der Waals surface area contributed by atoms with Crippen molar-refractivity contribution in [1.82, 2.24) is 9.55 Å². The third-order valence-electron chi connectivity index (χ3n) is 5.08. The van der Waals surface area contributed by atoms with Gasteiger partial charge in [0.25, 0.3) is 5.56 Å². The van der Waals surface area contributed by atoms with Crippen LogP contribution in [0.2, 0.25) is 0 Å². The van der Waals surface area contributed by atoms with Crippen LogP contribution in [-0.4, -0.2) is 22.0 Å². The molecule has 0 aliphatic carbocycles. The summed E-state index contributed by atoms with van der Waals surface area (Å²) < 4.78 is 1.38. The lowest BCUT2D eigenvalue weighted by Gasteiger charge is -2.15. The second-order valence-corrected chi connectivity index (χ2v) is 7.46. The van der Waals surface area contributed by atoms with E-state index in [1.165, 1.54) is 16.2 Å². The highest BCUT2D eigenvalue weighted by Gasteiger charge is 2.12. The van der Waals surface area contributed by atoms with E-state index in [2.05, 4.69) is 27.8 Å². The van der Waals surface area contributed by atoms with Crippen LogP contribution in [0.1, 0.15) is 28.8 Å². The van der Waals surface area contributed by atoms with Crippen molar-refractivity contribution in [1.29, 1.82) is 0 Å². The fourth-order valence-electron chi connectivity index (χ4n) is 3.27. The molecule has 3 aromatic rings. The normalized spacial score (nSPS) is 10.6. The Hall–Kier alpha value is -3.41. The minimum absolute atomic E-state index is 0.0967. The van der Waals surface area contributed by atoms with Crippen molar-refractivity contribution in [2.75, 3.05) is 17.2 Å². The van der Waals surface area contributed by atoms with Crippen LogP contribution in [0.5, 0.6) is 0 Å². The zero-order valence-corrected chi connectivity index (χ0v) is 17.7. The molecular weight excluding hydrogens is 376 g/mol. The van der Waals surface area contributed by atoms with Gasteiger partial charge in [0, 0.05) is 24.0 Å². The molecule has 1 aromatic heterocycles. The Balaban J connectivity index is 1.67. The van der Waals surface area contributed by atoms with Crippen LogP contribution in [0, 0.1) is 20.8 Å². The first-order valence-corrected chi connectivity index (χ1v) is 10.2. The number of anilines is 2. The standard InChI is InChI=1S/C24H28N4O2/c1-17-9-7-13-21(19(17)3)27-22(29)16-28-23(30)15-18(2)26-24(28)25-14-8-12-20-10-5-4-6-11-20/h4-7,9-11,13,15H,8,12,14,16H2,1-3H3,(H,25,26)(H,27,29). The Morgan fingerprint density at radius 1 is 1.03 bits per heavy atom. The minimum atomic E-state index is -0.260. The summed E-state index contributed by atoms with van der Waals surface area (Å²) in [5.41, 5.74) is 4.51. The smallest absolute Gasteiger partial charge is 0.255 e. The maximum absolute atomic E-state index is 12.6. The number of carbonyl (C=O) groups is 1. The average molecular weight is 405 g/mol. The number of carbonyl (C=O) groups excluding carboxylic acids is 1. The van der Waals surface area contributed by atoms with E-state index in [4.69, 9.17) is 0 Å². The van der Waals surface area contributed by atoms with Crippen molar-refractivity contribution in [3.05, 3.63) is 87.3 Å². The summed E-state index contributed by atoms with van der Waals surface area (Å²) in [7, 11) is 0. The second kappa shape index (κ2) is 9.87. The molecule has 0 fully saturated rings. The molecule has 6 nitrogen and oxygen atoms in total. The summed E-state index contributed by atoms with van der Waals surface area (Å²) in [6.07, 6.45) is 1.82. The van der Waals surface area contributed by atoms with E-state index in [1.54, 1.807) is 6.92 Å². The Kier molecular flexibility index (Phi) is 7.01. The molecule has 0 atom stereocenters. The molecule has 0 unspecified atom stereocenters. The molecule has 2 N–H and O–H groups in total. The van der Waals surface area contributed by atoms with Crippen LogP contribution in [0.4, 0.5) is 11.6 Å². The fraction of sp³-hybridized carbons (Fsp3) is 0.292. The molecule has 156 valence electrons. The first-order chi connectivity index (χ1) is 14.4. The van der Waals surface area contributed by atoms with Crippen LogP contribution in [0.3, 0.4) is 0 Å². The van der Waals surface area contributed by atoms with Crippen molar-refractivity contribution in [3.8, 4) is 0 Å². The number of amides is 1. The summed E-state index contributed by atoms with van der Waals surface area (Å²) in [6.45, 7) is 6.29. The van der Waals surface area contributed by atoms with Crippen molar-refractivity contribution in [3.63, 3.8) is 0 Å². The van der Waals surface area contributed by atoms with E-state index in [0.717, 1.165) is 29.7 Å². The molecule has 0 saturated carbocycles. The lowest BCUT2D eigenvalue weighted by Crippen LogP contribution is -2.31. The molecule has 0 radical (unpaired) electrons. The number of benzene rings is 2. The highest BCUT2D eigenvalue weighted by molar-refractivity contribution is 5.91. The molecule has 30 heavy (non-hydrogen) atoms. The molecule has 0 spiro atoms. The van der Waals surface area contributed by atoms with Gasteiger partial charge in [0.2, 0.25) is 11.9 Å². The predicted molar refractivity (Wildman–Crippen MR) is 121 cm³/mol. The number of aromatic nitrogens is 2. The first-order valence-electron chi connectivity index (χ1n) is 10.2. The molecule has 0 saturated heterocycles. The molecular formula is C24H28N4O2. The number of aryl methyl sites for hydroxylation is 3. The fourth-order valence-corrected chi connectivity index (χ4v) is 3.27. The van der Waals surface area contributed by atoms with Gasteiger partial charge in [0.05, 0.1) is 0 Å². The van der Waals surface area contributed by atoms with Gasteiger partial charge in [-0.3, -0.25) is 14.2 Å². The van der Waals surface area contributed by atoms with E-state index in [1.807, 2.05) is 50.2 Å². The van der Waals surface area contributed by atoms with Gasteiger partial charge in [-0.1, -0.05) is 42.5 Å². The second-order valence-electron chi connectivity index (χ2n) is 7.46. The number of hydrogen-bond acceptors (Lipinski definition) is 4. The lowest BCUT2D eigenvalue weighted by molar-refractivity contribution is -0.116. The summed E-state index contributed by atoms with van der Waals surface area (Å²) in [5, 5.41) is 6.13. The Morgan fingerprint density at radius 2 is 1.80 bits per heavy atom. The van der Waals surface area contributed by atoms with Crippen LogP contribution >= 0.6 is 0 Å². The molecule has 3 rings (SSSR count). The maximum atomic E-state index is 12.6. The van der Waals surface area contributed by atoms with Gasteiger partial charge in [0.15, 0.2) is 0 Å². The van der Waals surface area contributed by atoms with Gasteiger partial charge in [0.1, 0.15) is 6.54 Å². The van der Waals surface area contributed by atoms with Gasteiger partial charge in [-0.2, -0.15) is 0 Å². The van der Waals surface area contributed by atoms with E-state index in [-0.39, 0.29) is 18.0 Å². The number of rotatable bonds is 8. The van der Waals surface area contributed by atoms with E-state index < -0.39 is 0 Å². The van der Waals surface area contributed by atoms with Crippen LogP contribution < -0.4 is 16.2 Å². The largest absolute Gasteiger partial charge is 0.356 e. The van der Waals surface area contributed by atoms with Gasteiger partial charge in [-0.05, 0) is 56.4 Å². The summed E-state index contributed by atoms with van der Waals surface area (Å²) in [5.74, 6) is 0.160. The van der Waals surface area contributed by atoms with Crippen LogP contribution in [0.15, 0.2) is 59.4 Å². The Bertz CT molecular complexity index is 1070. The zero-order chi connectivity index (χ0) is 21.5. The Labute approximate surface area is 177 Å². The zero-order valence-electron chi connectivity index (χ0n) is 17.7. The SMILES string of the molecule is Cc1cc(=O)n(CC(=O)Nc2cccc(C)c2C)c(NCCCc2ccccc2)n1. The number of hydrogen-bond donors (Lipinski definition) is 2. The maximum Gasteiger partial charge on any atom is 0.255 e. The summed E-state index contributed by atoms with van der Waals surface area (Å²) in [4.78, 5) is 29.6. The summed E-state index contributed by atoms with van der Waals surface area (Å²) in [6, 6.07) is 17.4. The molecule has 6 heteroatoms. The lowest BCUT2D eigenvalue weighted by atomic mass is 10.1. The topological polar surface area (TPSA) is 76.0 Å². The minimum Gasteiger partial charge on any atom is -0.356 e. The first kappa shape index (κ1) is 21.3. The third-order valence-corrected chi connectivity index (χ3v) is 5.08. The van der Waals surface area contributed by atoms with Crippen molar-refractivity contribution in [2.24, 2.45) is 0 Å². The van der Waals surface area contributed by atoms with Gasteiger partial charge in [-0.25, -0.2) is 4.98 Å². The van der Waals surface area contributed by atoms with Gasteiger partial charge < -0.3 is 10.6 Å². The summed E-state index contributed by atoms with van der Waals surface area (Å²) >= 11 is 0.